The number of ether oxygens (including phenoxy) is 1. The van der Waals surface area contributed by atoms with Crippen molar-refractivity contribution >= 4 is 18.7 Å². The van der Waals surface area contributed by atoms with Crippen molar-refractivity contribution in [2.45, 2.75) is 115 Å². The topological polar surface area (TPSA) is 133 Å². The fourth-order valence-electron chi connectivity index (χ4n) is 6.48. The van der Waals surface area contributed by atoms with Crippen molar-refractivity contribution in [2.75, 3.05) is 26.2 Å². The van der Waals surface area contributed by atoms with Crippen LogP contribution >= 0.6 is 0 Å². The highest BCUT2D eigenvalue weighted by atomic mass is 16.6. The fraction of sp³-hybridized carbons (Fsp3) is 0.649. The van der Waals surface area contributed by atoms with Gasteiger partial charge in [0.25, 0.3) is 0 Å². The van der Waals surface area contributed by atoms with Crippen LogP contribution in [0.2, 0.25) is 0 Å². The minimum Gasteiger partial charge on any atom is -0.439 e. The van der Waals surface area contributed by atoms with Crippen molar-refractivity contribution in [3.63, 3.8) is 0 Å². The van der Waals surface area contributed by atoms with E-state index >= 15 is 0 Å². The molecule has 10 heteroatoms. The Kier molecular flexibility index (Phi) is 15.9. The molecule has 0 spiro atoms. The van der Waals surface area contributed by atoms with Crippen LogP contribution in [0.4, 0.5) is 4.79 Å². The van der Waals surface area contributed by atoms with Gasteiger partial charge in [-0.1, -0.05) is 69.4 Å². The first-order chi connectivity index (χ1) is 22.6. The van der Waals surface area contributed by atoms with E-state index in [0.717, 1.165) is 30.6 Å². The number of aliphatic hydroxyl groups is 2. The van der Waals surface area contributed by atoms with Gasteiger partial charge in [-0.05, 0) is 57.6 Å². The van der Waals surface area contributed by atoms with E-state index in [2.05, 4.69) is 14.9 Å². The van der Waals surface area contributed by atoms with Crippen molar-refractivity contribution in [1.29, 1.82) is 0 Å². The molecule has 0 radical (unpaired) electrons. The first-order valence-corrected chi connectivity index (χ1v) is 17.3. The lowest BCUT2D eigenvalue weighted by molar-refractivity contribution is -0.111. The number of amides is 1. The van der Waals surface area contributed by atoms with Gasteiger partial charge in [0.1, 0.15) is 24.5 Å². The number of aromatic nitrogens is 2. The quantitative estimate of drug-likeness (QED) is 0.104. The lowest BCUT2D eigenvalue weighted by atomic mass is 9.86. The number of carbonyl (C=O) groups is 3. The van der Waals surface area contributed by atoms with E-state index < -0.39 is 29.8 Å². The molecule has 0 bridgehead atoms. The molecule has 1 aliphatic heterocycles. The zero-order valence-corrected chi connectivity index (χ0v) is 28.7. The summed E-state index contributed by atoms with van der Waals surface area (Å²) >= 11 is 0. The normalized spacial score (nSPS) is 21.8. The Morgan fingerprint density at radius 2 is 1.79 bits per heavy atom. The van der Waals surface area contributed by atoms with E-state index in [1.165, 1.54) is 44.9 Å². The van der Waals surface area contributed by atoms with Crippen LogP contribution in [0.5, 0.6) is 0 Å². The van der Waals surface area contributed by atoms with E-state index in [-0.39, 0.29) is 31.1 Å². The van der Waals surface area contributed by atoms with Gasteiger partial charge in [-0.3, -0.25) is 4.90 Å². The molecule has 1 aromatic heterocycles. The zero-order chi connectivity index (χ0) is 34.2. The number of carbonyl (C=O) groups excluding carboxylic acids is 3. The van der Waals surface area contributed by atoms with Crippen LogP contribution in [0, 0.1) is 11.8 Å². The van der Waals surface area contributed by atoms with Crippen LogP contribution in [0.25, 0.3) is 0 Å². The summed E-state index contributed by atoms with van der Waals surface area (Å²) in [6.07, 6.45) is 19.5. The third kappa shape index (κ3) is 12.4. The average Bonchev–Trinajstić information content (AvgIpc) is 3.36. The van der Waals surface area contributed by atoms with Gasteiger partial charge in [0.15, 0.2) is 6.10 Å². The van der Waals surface area contributed by atoms with Crippen molar-refractivity contribution in [2.24, 2.45) is 11.8 Å². The van der Waals surface area contributed by atoms with E-state index in [0.29, 0.717) is 25.4 Å². The number of nitrogens with zero attached hydrogens (tertiary/aromatic N) is 4. The van der Waals surface area contributed by atoms with Gasteiger partial charge in [-0.15, -0.1) is 0 Å². The molecular formula is C37H56N4O6. The van der Waals surface area contributed by atoms with Crippen molar-refractivity contribution < 1.29 is 29.3 Å². The molecule has 3 rings (SSSR count). The molecule has 2 fully saturated rings. The van der Waals surface area contributed by atoms with Gasteiger partial charge in [-0.25, -0.2) is 14.8 Å². The van der Waals surface area contributed by atoms with Gasteiger partial charge in [-0.2, -0.15) is 0 Å². The predicted octanol–water partition coefficient (Wildman–Crippen LogP) is 5.42. The van der Waals surface area contributed by atoms with Crippen molar-refractivity contribution in [1.82, 2.24) is 19.8 Å². The van der Waals surface area contributed by atoms with Gasteiger partial charge in [0.05, 0.1) is 11.8 Å². The van der Waals surface area contributed by atoms with E-state index in [9.17, 15) is 24.6 Å². The number of allylic oxidation sites excluding steroid dienone is 5. The Bertz CT molecular complexity index is 1190. The highest BCUT2D eigenvalue weighted by Gasteiger charge is 2.36. The summed E-state index contributed by atoms with van der Waals surface area (Å²) in [7, 11) is 0. The zero-order valence-electron chi connectivity index (χ0n) is 28.7. The number of hydrogen-bond acceptors (Lipinski definition) is 9. The van der Waals surface area contributed by atoms with E-state index in [1.54, 1.807) is 24.1 Å². The van der Waals surface area contributed by atoms with E-state index in [4.69, 9.17) is 4.74 Å². The summed E-state index contributed by atoms with van der Waals surface area (Å²) < 4.78 is 5.96. The average molecular weight is 653 g/mol. The SMILES string of the molecule is C/C(=C\C=C\C(C)c1ccncn1)[C@@H](C=O)[C@@H](C)/C=C/[C@H](OC(=O)N1CCN(C2CCCCCC2)CC1)[C@@](C)(O)CC[C@H](O)CC=O. The third-order valence-electron chi connectivity index (χ3n) is 9.76. The van der Waals surface area contributed by atoms with Gasteiger partial charge in [0, 0.05) is 56.7 Å². The second-order valence-corrected chi connectivity index (χ2v) is 13.5. The summed E-state index contributed by atoms with van der Waals surface area (Å²) in [4.78, 5) is 48.9. The molecule has 1 unspecified atom stereocenters. The molecule has 1 saturated carbocycles. The third-order valence-corrected chi connectivity index (χ3v) is 9.76. The van der Waals surface area contributed by atoms with E-state index in [1.807, 2.05) is 51.1 Å². The van der Waals surface area contributed by atoms with Crippen LogP contribution in [-0.2, 0) is 14.3 Å². The van der Waals surface area contributed by atoms with Crippen molar-refractivity contribution in [3.8, 4) is 0 Å². The number of aldehydes is 2. The Morgan fingerprint density at radius 3 is 2.40 bits per heavy atom. The van der Waals surface area contributed by atoms with Gasteiger partial charge >= 0.3 is 6.09 Å². The summed E-state index contributed by atoms with van der Waals surface area (Å²) in [5.41, 5.74) is 0.254. The second-order valence-electron chi connectivity index (χ2n) is 13.5. The summed E-state index contributed by atoms with van der Waals surface area (Å²) in [5.74, 6) is -0.605. The maximum atomic E-state index is 13.4. The monoisotopic (exact) mass is 652 g/mol. The largest absolute Gasteiger partial charge is 0.439 e. The number of piperazine rings is 1. The van der Waals surface area contributed by atoms with Crippen LogP contribution in [-0.4, -0.2) is 98.7 Å². The molecule has 6 atom stereocenters. The fourth-order valence-corrected chi connectivity index (χ4v) is 6.48. The molecule has 1 saturated heterocycles. The first kappa shape index (κ1) is 38.2. The molecule has 260 valence electrons. The predicted molar refractivity (Wildman–Crippen MR) is 183 cm³/mol. The van der Waals surface area contributed by atoms with Crippen LogP contribution in [0.3, 0.4) is 0 Å². The second kappa shape index (κ2) is 19.6. The molecule has 2 heterocycles. The molecule has 1 aromatic rings. The molecule has 1 aliphatic carbocycles. The minimum atomic E-state index is -1.51. The lowest BCUT2D eigenvalue weighted by Crippen LogP contribution is -2.53. The van der Waals surface area contributed by atoms with Gasteiger partial charge in [0.2, 0.25) is 0 Å². The number of aliphatic hydroxyl groups excluding tert-OH is 1. The lowest BCUT2D eigenvalue weighted by Gasteiger charge is -2.40. The summed E-state index contributed by atoms with van der Waals surface area (Å²) in [5, 5.41) is 21.6. The van der Waals surface area contributed by atoms with Gasteiger partial charge < -0.3 is 29.4 Å². The molecule has 2 N–H and O–H groups in total. The maximum absolute atomic E-state index is 13.4. The molecule has 47 heavy (non-hydrogen) atoms. The summed E-state index contributed by atoms with van der Waals surface area (Å²) in [6, 6.07) is 2.44. The highest BCUT2D eigenvalue weighted by molar-refractivity contribution is 5.68. The van der Waals surface area contributed by atoms with Crippen molar-refractivity contribution in [3.05, 3.63) is 60.2 Å². The maximum Gasteiger partial charge on any atom is 0.410 e. The smallest absolute Gasteiger partial charge is 0.410 e. The Labute approximate surface area is 281 Å². The Hall–Kier alpha value is -3.21. The summed E-state index contributed by atoms with van der Waals surface area (Å²) in [6.45, 7) is 10.1. The van der Waals surface area contributed by atoms with Crippen LogP contribution in [0.15, 0.2) is 54.5 Å². The number of rotatable bonds is 16. The Balaban J connectivity index is 1.68. The molecule has 10 nitrogen and oxygen atoms in total. The molecule has 1 amide bonds. The standard InChI is InChI=1S/C37H56N4O6/c1-28(10-9-11-30(3)34-17-20-38-27-39-34)33(26-43)29(2)14-15-35(37(4,46)19-16-32(44)18-25-42)47-36(45)41-23-21-40(22-24-41)31-12-7-5-6-8-13-31/h9-11,14-15,17,20,25-27,29-33,35,44,46H,5-8,12-13,16,18-19,21-24H2,1-4H3/b11-9+,15-14+,28-10+/t29-,30?,32-,33+,35-,37-/m0/s1. The molecule has 2 aliphatic rings. The molecule has 0 aromatic carbocycles. The minimum absolute atomic E-state index is 0.0302. The highest BCUT2D eigenvalue weighted by Crippen LogP contribution is 2.27. The molecular weight excluding hydrogens is 596 g/mol. The number of hydrogen-bond donors (Lipinski definition) is 2. The van der Waals surface area contributed by atoms with Crippen LogP contribution < -0.4 is 0 Å². The van der Waals surface area contributed by atoms with Crippen LogP contribution in [0.1, 0.15) is 97.1 Å². The Morgan fingerprint density at radius 1 is 1.09 bits per heavy atom. The first-order valence-electron chi connectivity index (χ1n) is 17.3.